The van der Waals surface area contributed by atoms with Crippen LogP contribution in [-0.4, -0.2) is 47.0 Å². The number of methoxy groups -OCH3 is 2. The summed E-state index contributed by atoms with van der Waals surface area (Å²) in [6.45, 7) is 2.25. The van der Waals surface area contributed by atoms with Crippen LogP contribution in [0.1, 0.15) is 13.0 Å². The van der Waals surface area contributed by atoms with Crippen LogP contribution in [0.15, 0.2) is 52.4 Å². The summed E-state index contributed by atoms with van der Waals surface area (Å²) in [5.74, 6) is 0.596. The molecule has 1 N–H and O–H groups in total. The second-order valence-electron chi connectivity index (χ2n) is 7.08. The first-order valence-electron chi connectivity index (χ1n) is 9.87. The van der Waals surface area contributed by atoms with E-state index in [4.69, 9.17) is 9.47 Å². The second-order valence-corrected chi connectivity index (χ2v) is 9.05. The average Bonchev–Trinajstić information content (AvgIpc) is 3.19. The van der Waals surface area contributed by atoms with Crippen LogP contribution in [0.5, 0.6) is 5.75 Å². The lowest BCUT2D eigenvalue weighted by molar-refractivity contribution is -0.113. The molecule has 2 aromatic heterocycles. The molecule has 0 saturated carbocycles. The van der Waals surface area contributed by atoms with Gasteiger partial charge >= 0.3 is 0 Å². The zero-order chi connectivity index (χ0) is 22.7. The van der Waals surface area contributed by atoms with Crippen molar-refractivity contribution in [2.45, 2.75) is 18.1 Å². The van der Waals surface area contributed by atoms with Gasteiger partial charge in [0.1, 0.15) is 5.75 Å². The van der Waals surface area contributed by atoms with Gasteiger partial charge < -0.3 is 14.8 Å². The van der Waals surface area contributed by atoms with Gasteiger partial charge in [0.2, 0.25) is 5.91 Å². The largest absolute Gasteiger partial charge is 0.497 e. The quantitative estimate of drug-likeness (QED) is 0.308. The molecule has 0 fully saturated rings. The Morgan fingerprint density at radius 1 is 1.19 bits per heavy atom. The minimum absolute atomic E-state index is 0.0870. The van der Waals surface area contributed by atoms with Gasteiger partial charge in [-0.2, -0.15) is 0 Å². The summed E-state index contributed by atoms with van der Waals surface area (Å²) in [7, 11) is 3.19. The smallest absolute Gasteiger partial charge is 0.262 e. The lowest BCUT2D eigenvalue weighted by Crippen LogP contribution is -2.29. The summed E-state index contributed by atoms with van der Waals surface area (Å²) in [5.41, 5.74) is 1.24. The predicted octanol–water partition coefficient (Wildman–Crippen LogP) is 3.95. The number of thioether (sulfide) groups is 1. The third-order valence-corrected chi connectivity index (χ3v) is 6.68. The molecule has 0 saturated heterocycles. The highest BCUT2D eigenvalue weighted by molar-refractivity contribution is 7.99. The zero-order valence-electron chi connectivity index (χ0n) is 17.8. The van der Waals surface area contributed by atoms with Crippen molar-refractivity contribution in [2.24, 2.45) is 0 Å². The van der Waals surface area contributed by atoms with Crippen LogP contribution in [0.4, 0.5) is 5.13 Å². The number of thiazole rings is 1. The fourth-order valence-corrected chi connectivity index (χ4v) is 5.11. The molecule has 4 rings (SSSR count). The maximum Gasteiger partial charge on any atom is 0.262 e. The van der Waals surface area contributed by atoms with E-state index in [-0.39, 0.29) is 23.3 Å². The van der Waals surface area contributed by atoms with Crippen molar-refractivity contribution >= 4 is 55.3 Å². The lowest BCUT2D eigenvalue weighted by Gasteiger charge is -2.18. The van der Waals surface area contributed by atoms with E-state index in [1.165, 1.54) is 23.1 Å². The highest BCUT2D eigenvalue weighted by Crippen LogP contribution is 2.29. The summed E-state index contributed by atoms with van der Waals surface area (Å²) < 4.78 is 13.0. The molecular formula is C22H22N4O4S2. The number of aromatic nitrogens is 3. The number of hydrogen-bond donors (Lipinski definition) is 1. The van der Waals surface area contributed by atoms with Crippen molar-refractivity contribution in [1.29, 1.82) is 0 Å². The number of hydrogen-bond acceptors (Lipinski definition) is 8. The van der Waals surface area contributed by atoms with E-state index in [1.54, 1.807) is 30.9 Å². The van der Waals surface area contributed by atoms with Crippen LogP contribution in [-0.2, 0) is 9.53 Å². The number of rotatable bonds is 8. The van der Waals surface area contributed by atoms with Gasteiger partial charge in [0.15, 0.2) is 10.3 Å². The predicted molar refractivity (Wildman–Crippen MR) is 128 cm³/mol. The van der Waals surface area contributed by atoms with Crippen molar-refractivity contribution in [3.63, 3.8) is 0 Å². The van der Waals surface area contributed by atoms with E-state index in [1.807, 2.05) is 37.3 Å². The van der Waals surface area contributed by atoms with Gasteiger partial charge in [-0.25, -0.2) is 9.97 Å². The number of carbonyl (C=O) groups is 1. The van der Waals surface area contributed by atoms with Crippen molar-refractivity contribution < 1.29 is 14.3 Å². The summed E-state index contributed by atoms with van der Waals surface area (Å²) in [4.78, 5) is 34.8. The number of benzene rings is 2. The molecule has 0 radical (unpaired) electrons. The van der Waals surface area contributed by atoms with Crippen LogP contribution in [0.25, 0.3) is 21.1 Å². The maximum absolute atomic E-state index is 13.1. The Morgan fingerprint density at radius 2 is 2.00 bits per heavy atom. The van der Waals surface area contributed by atoms with Crippen molar-refractivity contribution in [1.82, 2.24) is 14.5 Å². The molecular weight excluding hydrogens is 448 g/mol. The number of para-hydroxylation sites is 1. The molecule has 1 atom stereocenters. The van der Waals surface area contributed by atoms with Gasteiger partial charge in [0.05, 0.1) is 46.6 Å². The highest BCUT2D eigenvalue weighted by Gasteiger charge is 2.18. The van der Waals surface area contributed by atoms with Gasteiger partial charge in [-0.3, -0.25) is 14.2 Å². The van der Waals surface area contributed by atoms with Crippen LogP contribution in [0, 0.1) is 0 Å². The second kappa shape index (κ2) is 9.68. The summed E-state index contributed by atoms with van der Waals surface area (Å²) in [5, 5.41) is 4.35. The molecule has 0 aliphatic rings. The topological polar surface area (TPSA) is 95.3 Å². The fraction of sp³-hybridized carbons (Fsp3) is 0.273. The van der Waals surface area contributed by atoms with E-state index in [0.29, 0.717) is 27.8 Å². The molecule has 2 aromatic carbocycles. The monoisotopic (exact) mass is 470 g/mol. The number of nitrogens with zero attached hydrogens (tertiary/aromatic N) is 3. The van der Waals surface area contributed by atoms with Crippen LogP contribution >= 0.6 is 23.1 Å². The maximum atomic E-state index is 13.1. The van der Waals surface area contributed by atoms with E-state index < -0.39 is 0 Å². The van der Waals surface area contributed by atoms with E-state index in [2.05, 4.69) is 15.3 Å². The van der Waals surface area contributed by atoms with Gasteiger partial charge in [0.25, 0.3) is 5.56 Å². The molecule has 4 aromatic rings. The normalized spacial score (nSPS) is 12.2. The van der Waals surface area contributed by atoms with Gasteiger partial charge in [0, 0.05) is 7.11 Å². The molecule has 0 aliphatic heterocycles. The number of fused-ring (bicyclic) bond motifs is 2. The average molecular weight is 471 g/mol. The first kappa shape index (κ1) is 22.3. The number of ether oxygens (including phenoxy) is 2. The van der Waals surface area contributed by atoms with Gasteiger partial charge in [-0.1, -0.05) is 35.2 Å². The number of anilines is 1. The first-order valence-corrected chi connectivity index (χ1v) is 11.7. The summed E-state index contributed by atoms with van der Waals surface area (Å²) in [6, 6.07) is 12.5. The Labute approximate surface area is 192 Å². The molecule has 1 amide bonds. The molecule has 32 heavy (non-hydrogen) atoms. The Morgan fingerprint density at radius 3 is 2.78 bits per heavy atom. The summed E-state index contributed by atoms with van der Waals surface area (Å²) >= 11 is 2.59. The Hall–Kier alpha value is -2.95. The van der Waals surface area contributed by atoms with E-state index in [9.17, 15) is 9.59 Å². The minimum Gasteiger partial charge on any atom is -0.497 e. The standard InChI is InChI=1S/C22H22N4O4S2/c1-13(11-29-2)26-20(28)15-6-4-5-7-16(15)24-22(26)31-12-19(27)25-21-23-17-9-8-14(30-3)10-18(17)32-21/h4-10,13H,11-12H2,1-3H3,(H,23,25,27). The number of nitrogens with one attached hydrogen (secondary N) is 1. The molecule has 0 bridgehead atoms. The molecule has 10 heteroatoms. The Kier molecular flexibility index (Phi) is 6.73. The third-order valence-electron chi connectivity index (χ3n) is 4.80. The Balaban J connectivity index is 1.54. The van der Waals surface area contributed by atoms with Crippen molar-refractivity contribution in [2.75, 3.05) is 31.9 Å². The lowest BCUT2D eigenvalue weighted by atomic mass is 10.2. The van der Waals surface area contributed by atoms with Crippen molar-refractivity contribution in [3.05, 3.63) is 52.8 Å². The van der Waals surface area contributed by atoms with Gasteiger partial charge in [-0.15, -0.1) is 0 Å². The van der Waals surface area contributed by atoms with Crippen molar-refractivity contribution in [3.8, 4) is 5.75 Å². The van der Waals surface area contributed by atoms with Crippen LogP contribution < -0.4 is 15.6 Å². The number of carbonyl (C=O) groups excluding carboxylic acids is 1. The van der Waals surface area contributed by atoms with E-state index in [0.717, 1.165) is 16.0 Å². The zero-order valence-corrected chi connectivity index (χ0v) is 19.5. The Bertz CT molecular complexity index is 1330. The molecule has 0 spiro atoms. The molecule has 0 aliphatic carbocycles. The third kappa shape index (κ3) is 4.62. The minimum atomic E-state index is -0.227. The molecule has 166 valence electrons. The van der Waals surface area contributed by atoms with Gasteiger partial charge in [-0.05, 0) is 37.3 Å². The highest BCUT2D eigenvalue weighted by atomic mass is 32.2. The van der Waals surface area contributed by atoms with E-state index >= 15 is 0 Å². The molecule has 1 unspecified atom stereocenters. The molecule has 8 nitrogen and oxygen atoms in total. The van der Waals surface area contributed by atoms with Crippen LogP contribution in [0.2, 0.25) is 0 Å². The fourth-order valence-electron chi connectivity index (χ4n) is 3.30. The molecule has 2 heterocycles. The van der Waals surface area contributed by atoms with Crippen LogP contribution in [0.3, 0.4) is 0 Å². The SMILES string of the molecule is COCC(C)n1c(SCC(=O)Nc2nc3ccc(OC)cc3s2)nc2ccccc2c1=O. The summed E-state index contributed by atoms with van der Waals surface area (Å²) in [6.07, 6.45) is 0. The first-order chi connectivity index (χ1) is 15.5. The number of amides is 1.